The number of aromatic nitrogens is 3. The van der Waals surface area contributed by atoms with Crippen LogP contribution >= 0.6 is 11.8 Å². The van der Waals surface area contributed by atoms with Crippen LogP contribution in [0.15, 0.2) is 28.0 Å². The molecular formula is C14H19N3O3S. The third-order valence-electron chi connectivity index (χ3n) is 3.24. The van der Waals surface area contributed by atoms with Crippen molar-refractivity contribution in [1.29, 1.82) is 0 Å². The maximum absolute atomic E-state index is 5.80. The Morgan fingerprint density at radius 2 is 2.29 bits per heavy atom. The minimum Gasteiger partial charge on any atom is -0.461 e. The molecule has 0 bridgehead atoms. The Morgan fingerprint density at radius 3 is 2.90 bits per heavy atom. The van der Waals surface area contributed by atoms with E-state index in [-0.39, 0.29) is 6.10 Å². The highest BCUT2D eigenvalue weighted by Crippen LogP contribution is 2.28. The van der Waals surface area contributed by atoms with Gasteiger partial charge in [0.25, 0.3) is 0 Å². The van der Waals surface area contributed by atoms with Gasteiger partial charge in [-0.1, -0.05) is 11.8 Å². The largest absolute Gasteiger partial charge is 0.461 e. The molecule has 1 saturated heterocycles. The zero-order valence-electron chi connectivity index (χ0n) is 12.4. The summed E-state index contributed by atoms with van der Waals surface area (Å²) in [6.07, 6.45) is 1.72. The molecular weight excluding hydrogens is 290 g/mol. The lowest BCUT2D eigenvalue weighted by molar-refractivity contribution is -0.135. The van der Waals surface area contributed by atoms with Gasteiger partial charge < -0.3 is 13.9 Å². The van der Waals surface area contributed by atoms with Crippen LogP contribution in [0.5, 0.6) is 0 Å². The first-order valence-electron chi connectivity index (χ1n) is 7.00. The summed E-state index contributed by atoms with van der Waals surface area (Å²) in [7, 11) is 0. The lowest BCUT2D eigenvalue weighted by atomic mass is 10.4. The Morgan fingerprint density at radius 1 is 1.43 bits per heavy atom. The second-order valence-electron chi connectivity index (χ2n) is 5.29. The monoisotopic (exact) mass is 309 g/mol. The second kappa shape index (κ2) is 5.82. The number of furan rings is 1. The maximum Gasteiger partial charge on any atom is 0.200 e. The lowest BCUT2D eigenvalue weighted by Crippen LogP contribution is -2.22. The van der Waals surface area contributed by atoms with Crippen LogP contribution in [0.2, 0.25) is 0 Å². The van der Waals surface area contributed by atoms with Crippen molar-refractivity contribution in [3.8, 4) is 11.6 Å². The van der Waals surface area contributed by atoms with Crippen molar-refractivity contribution >= 4 is 11.8 Å². The molecule has 2 aromatic rings. The Bertz CT molecular complexity index is 595. The van der Waals surface area contributed by atoms with Gasteiger partial charge in [-0.3, -0.25) is 4.57 Å². The van der Waals surface area contributed by atoms with Crippen LogP contribution in [-0.4, -0.2) is 39.0 Å². The van der Waals surface area contributed by atoms with Crippen LogP contribution in [0.25, 0.3) is 11.6 Å². The first kappa shape index (κ1) is 14.6. The van der Waals surface area contributed by atoms with E-state index in [0.717, 1.165) is 29.0 Å². The van der Waals surface area contributed by atoms with E-state index >= 15 is 0 Å². The van der Waals surface area contributed by atoms with Crippen molar-refractivity contribution in [2.75, 3.05) is 12.4 Å². The molecule has 3 rings (SSSR count). The molecule has 0 radical (unpaired) electrons. The van der Waals surface area contributed by atoms with Crippen molar-refractivity contribution in [3.63, 3.8) is 0 Å². The average molecular weight is 309 g/mol. The number of ether oxygens (including phenoxy) is 2. The Labute approximate surface area is 127 Å². The topological polar surface area (TPSA) is 62.3 Å². The predicted octanol–water partition coefficient (Wildman–Crippen LogP) is 2.80. The highest BCUT2D eigenvalue weighted by Gasteiger charge is 2.32. The molecule has 1 fully saturated rings. The average Bonchev–Trinajstić information content (AvgIpc) is 3.14. The van der Waals surface area contributed by atoms with Gasteiger partial charge in [-0.05, 0) is 32.9 Å². The van der Waals surface area contributed by atoms with Gasteiger partial charge in [0, 0.05) is 12.3 Å². The van der Waals surface area contributed by atoms with Gasteiger partial charge in [-0.25, -0.2) is 0 Å². The van der Waals surface area contributed by atoms with Crippen LogP contribution in [-0.2, 0) is 16.0 Å². The molecule has 114 valence electrons. The molecule has 0 amide bonds. The summed E-state index contributed by atoms with van der Waals surface area (Å²) in [4.78, 5) is 0. The summed E-state index contributed by atoms with van der Waals surface area (Å²) < 4.78 is 18.8. The smallest absolute Gasteiger partial charge is 0.200 e. The predicted molar refractivity (Wildman–Crippen MR) is 79.0 cm³/mol. The van der Waals surface area contributed by atoms with Gasteiger partial charge in [0.1, 0.15) is 0 Å². The van der Waals surface area contributed by atoms with Gasteiger partial charge >= 0.3 is 0 Å². The zero-order valence-corrected chi connectivity index (χ0v) is 13.2. The van der Waals surface area contributed by atoms with Crippen LogP contribution < -0.4 is 0 Å². The van der Waals surface area contributed by atoms with Gasteiger partial charge in [0.2, 0.25) is 0 Å². The normalized spacial score (nSPS) is 21.0. The molecule has 0 saturated carbocycles. The summed E-state index contributed by atoms with van der Waals surface area (Å²) in [5.74, 6) is 1.80. The molecule has 1 aliphatic heterocycles. The van der Waals surface area contributed by atoms with Crippen LogP contribution in [0.1, 0.15) is 20.8 Å². The standard InChI is InChI=1S/C14H19N3O3S/c1-4-17-12(11-6-5-7-18-11)15-16-13(17)21-9-10-8-19-14(2,3)20-10/h5-7,10H,4,8-9H2,1-3H3/t10-/m1/s1. The van der Waals surface area contributed by atoms with Crippen molar-refractivity contribution < 1.29 is 13.9 Å². The summed E-state index contributed by atoms with van der Waals surface area (Å²) >= 11 is 1.63. The summed E-state index contributed by atoms with van der Waals surface area (Å²) in [5.41, 5.74) is 0. The summed E-state index contributed by atoms with van der Waals surface area (Å²) in [5, 5.41) is 9.36. The molecule has 0 aromatic carbocycles. The minimum atomic E-state index is -0.483. The molecule has 1 aliphatic rings. The Balaban J connectivity index is 1.69. The first-order valence-corrected chi connectivity index (χ1v) is 7.99. The highest BCUT2D eigenvalue weighted by atomic mass is 32.2. The van der Waals surface area contributed by atoms with Gasteiger partial charge in [-0.2, -0.15) is 0 Å². The SMILES string of the molecule is CCn1c(SC[C@H]2COC(C)(C)O2)nnc1-c1ccco1. The molecule has 0 aliphatic carbocycles. The highest BCUT2D eigenvalue weighted by molar-refractivity contribution is 7.99. The van der Waals surface area contributed by atoms with Crippen molar-refractivity contribution in [3.05, 3.63) is 18.4 Å². The molecule has 1 atom stereocenters. The number of hydrogen-bond donors (Lipinski definition) is 0. The van der Waals surface area contributed by atoms with Gasteiger partial charge in [0.15, 0.2) is 22.5 Å². The van der Waals surface area contributed by atoms with Crippen LogP contribution in [0.3, 0.4) is 0 Å². The Kier molecular flexibility index (Phi) is 4.05. The minimum absolute atomic E-state index is 0.0825. The van der Waals surface area contributed by atoms with E-state index < -0.39 is 5.79 Å². The van der Waals surface area contributed by atoms with E-state index in [1.54, 1.807) is 18.0 Å². The van der Waals surface area contributed by atoms with E-state index in [9.17, 15) is 0 Å². The second-order valence-corrected chi connectivity index (χ2v) is 6.28. The van der Waals surface area contributed by atoms with Gasteiger partial charge in [0.05, 0.1) is 19.0 Å². The maximum atomic E-state index is 5.80. The van der Waals surface area contributed by atoms with E-state index in [0.29, 0.717) is 6.61 Å². The third kappa shape index (κ3) is 3.14. The fourth-order valence-corrected chi connectivity index (χ4v) is 3.25. The molecule has 3 heterocycles. The number of nitrogens with zero attached hydrogens (tertiary/aromatic N) is 3. The molecule has 0 unspecified atom stereocenters. The van der Waals surface area contributed by atoms with Crippen molar-refractivity contribution in [2.24, 2.45) is 0 Å². The third-order valence-corrected chi connectivity index (χ3v) is 4.34. The van der Waals surface area contributed by atoms with Crippen molar-refractivity contribution in [2.45, 2.75) is 44.4 Å². The van der Waals surface area contributed by atoms with E-state index in [1.165, 1.54) is 0 Å². The summed E-state index contributed by atoms with van der Waals surface area (Å²) in [6.45, 7) is 7.34. The molecule has 7 heteroatoms. The first-order chi connectivity index (χ1) is 10.1. The fourth-order valence-electron chi connectivity index (χ4n) is 2.28. The number of hydrogen-bond acceptors (Lipinski definition) is 6. The van der Waals surface area contributed by atoms with Gasteiger partial charge in [-0.15, -0.1) is 10.2 Å². The molecule has 2 aromatic heterocycles. The van der Waals surface area contributed by atoms with Crippen molar-refractivity contribution in [1.82, 2.24) is 14.8 Å². The molecule has 0 N–H and O–H groups in total. The lowest BCUT2D eigenvalue weighted by Gasteiger charge is -2.16. The quantitative estimate of drug-likeness (QED) is 0.791. The number of rotatable bonds is 5. The van der Waals surface area contributed by atoms with E-state index in [4.69, 9.17) is 13.9 Å². The Hall–Kier alpha value is -1.31. The van der Waals surface area contributed by atoms with Crippen LogP contribution in [0.4, 0.5) is 0 Å². The molecule has 0 spiro atoms. The fraction of sp³-hybridized carbons (Fsp3) is 0.571. The summed E-state index contributed by atoms with van der Waals surface area (Å²) in [6, 6.07) is 3.74. The van der Waals surface area contributed by atoms with Crippen LogP contribution in [0, 0.1) is 0 Å². The van der Waals surface area contributed by atoms with E-state index in [1.807, 2.05) is 30.5 Å². The number of thioether (sulfide) groups is 1. The zero-order chi connectivity index (χ0) is 14.9. The molecule has 6 nitrogen and oxygen atoms in total. The van der Waals surface area contributed by atoms with E-state index in [2.05, 4.69) is 17.1 Å². The molecule has 21 heavy (non-hydrogen) atoms.